The topological polar surface area (TPSA) is 68.5 Å². The Hall–Kier alpha value is -2.86. The van der Waals surface area contributed by atoms with Crippen LogP contribution in [0.2, 0.25) is 0 Å². The molecule has 1 heterocycles. The molecule has 0 aliphatic heterocycles. The molecule has 0 fully saturated rings. The molecular weight excluding hydrogens is 409 g/mol. The van der Waals surface area contributed by atoms with Crippen molar-refractivity contribution in [1.82, 2.24) is 9.78 Å². The van der Waals surface area contributed by atoms with Gasteiger partial charge in [-0.3, -0.25) is 14.5 Å². The number of aliphatic imine (C=N–C) groups is 1. The molecule has 0 aromatic carbocycles. The van der Waals surface area contributed by atoms with E-state index in [1.165, 1.54) is 15.3 Å². The summed E-state index contributed by atoms with van der Waals surface area (Å²) in [5.41, 5.74) is 2.55. The number of ether oxygens (including phenoxy) is 1. The highest BCUT2D eigenvalue weighted by molar-refractivity contribution is 7.17. The van der Waals surface area contributed by atoms with Crippen LogP contribution in [0.1, 0.15) is 38.4 Å². The molecule has 1 N–H and O–H groups in total. The van der Waals surface area contributed by atoms with E-state index in [9.17, 15) is 13.6 Å². The van der Waals surface area contributed by atoms with Crippen molar-refractivity contribution in [1.29, 1.82) is 0 Å². The predicted molar refractivity (Wildman–Crippen MR) is 119 cm³/mol. The van der Waals surface area contributed by atoms with Gasteiger partial charge in [0.25, 0.3) is 0 Å². The Bertz CT molecular complexity index is 924. The highest BCUT2D eigenvalue weighted by Crippen LogP contribution is 2.31. The Morgan fingerprint density at radius 3 is 2.97 bits per heavy atom. The van der Waals surface area contributed by atoms with Crippen LogP contribution < -0.4 is 5.32 Å². The molecular formula is C21H25F2N4O2P. The number of allylic oxidation sites excluding steroid dienone is 7. The summed E-state index contributed by atoms with van der Waals surface area (Å²) < 4.78 is 32.6. The van der Waals surface area contributed by atoms with E-state index < -0.39 is 5.85 Å². The van der Waals surface area contributed by atoms with E-state index in [4.69, 9.17) is 0 Å². The lowest BCUT2D eigenvalue weighted by atomic mass is 10.1. The molecule has 2 rings (SSSR count). The second kappa shape index (κ2) is 10.8. The van der Waals surface area contributed by atoms with Gasteiger partial charge in [-0.1, -0.05) is 31.7 Å². The number of rotatable bonds is 10. The van der Waals surface area contributed by atoms with Crippen LogP contribution in [0, 0.1) is 0 Å². The fourth-order valence-electron chi connectivity index (χ4n) is 2.72. The molecule has 0 bridgehead atoms. The van der Waals surface area contributed by atoms with Crippen LogP contribution in [0.5, 0.6) is 0 Å². The minimum Gasteiger partial charge on any atom is -0.430 e. The number of nitrogens with one attached hydrogen (secondary N) is 1. The number of carbonyl (C=O) groups is 1. The monoisotopic (exact) mass is 434 g/mol. The first-order valence-electron chi connectivity index (χ1n) is 9.35. The Morgan fingerprint density at radius 2 is 2.33 bits per heavy atom. The molecule has 9 heteroatoms. The maximum absolute atomic E-state index is 13.1. The van der Waals surface area contributed by atoms with Gasteiger partial charge in [0.2, 0.25) is 6.41 Å². The Morgan fingerprint density at radius 1 is 1.57 bits per heavy atom. The van der Waals surface area contributed by atoms with Crippen LogP contribution in [-0.4, -0.2) is 28.3 Å². The molecule has 2 unspecified atom stereocenters. The zero-order valence-electron chi connectivity index (χ0n) is 16.9. The van der Waals surface area contributed by atoms with Gasteiger partial charge in [0.05, 0.1) is 11.7 Å². The summed E-state index contributed by atoms with van der Waals surface area (Å²) >= 11 is 0. The molecule has 1 aliphatic carbocycles. The third-order valence-electron chi connectivity index (χ3n) is 4.20. The lowest BCUT2D eigenvalue weighted by Crippen LogP contribution is -2.12. The van der Waals surface area contributed by atoms with E-state index in [-0.39, 0.29) is 11.8 Å². The number of halogens is 2. The van der Waals surface area contributed by atoms with Crippen LogP contribution in [0.3, 0.4) is 0 Å². The second-order valence-electron chi connectivity index (χ2n) is 6.45. The first-order valence-corrected chi connectivity index (χ1v) is 9.93. The molecule has 160 valence electrons. The summed E-state index contributed by atoms with van der Waals surface area (Å²) in [7, 11) is 1.35. The molecule has 1 aromatic heterocycles. The summed E-state index contributed by atoms with van der Waals surface area (Å²) in [6.45, 7) is 7.67. The highest BCUT2D eigenvalue weighted by atomic mass is 31.0. The molecule has 1 amide bonds. The lowest BCUT2D eigenvalue weighted by molar-refractivity contribution is -0.130. The summed E-state index contributed by atoms with van der Waals surface area (Å²) in [5.74, 6) is -2.90. The lowest BCUT2D eigenvalue weighted by Gasteiger charge is -2.14. The molecule has 1 aromatic rings. The van der Waals surface area contributed by atoms with Crippen LogP contribution in [0.25, 0.3) is 5.57 Å². The number of anilines is 1. The van der Waals surface area contributed by atoms with Crippen LogP contribution >= 0.6 is 9.24 Å². The number of hydrogen-bond acceptors (Lipinski definition) is 4. The zero-order chi connectivity index (χ0) is 22.1. The van der Waals surface area contributed by atoms with Gasteiger partial charge in [-0.25, -0.2) is 0 Å². The standard InChI is InChI=1S/C21H25F2N4O2P/c1-4-16(5-2)13-24-12-15(3)27-19(11-20(26-27)25-14-28)17-7-6-8-18(10-9-17)29-21(22,23)30/h4,6-8,10-15H,1,5,9,30H2,2-3H3,(H,25,26,28)/b16-13+,24-12-. The predicted octanol–water partition coefficient (Wildman–Crippen LogP) is 5.23. The first-order chi connectivity index (χ1) is 14.3. The van der Waals surface area contributed by atoms with Gasteiger partial charge >= 0.3 is 5.85 Å². The van der Waals surface area contributed by atoms with Crippen molar-refractivity contribution in [3.63, 3.8) is 0 Å². The SMILES string of the molecule is C=C/C(=C\N=C/C(C)n1nc(NC=O)cc1C1=CC=CC(OC(F)(F)P)=CC1)CC. The maximum Gasteiger partial charge on any atom is 0.408 e. The molecule has 0 spiro atoms. The maximum atomic E-state index is 13.1. The van der Waals surface area contributed by atoms with Crippen LogP contribution in [0.15, 0.2) is 65.6 Å². The largest absolute Gasteiger partial charge is 0.430 e. The first kappa shape index (κ1) is 23.4. The summed E-state index contributed by atoms with van der Waals surface area (Å²) in [5, 5.41) is 6.97. The van der Waals surface area contributed by atoms with Crippen LogP contribution in [0.4, 0.5) is 14.6 Å². The fourth-order valence-corrected chi connectivity index (χ4v) is 2.86. The van der Waals surface area contributed by atoms with E-state index in [0.29, 0.717) is 18.6 Å². The minimum atomic E-state index is -3.34. The van der Waals surface area contributed by atoms with Crippen molar-refractivity contribution >= 4 is 33.3 Å². The van der Waals surface area contributed by atoms with Gasteiger partial charge < -0.3 is 10.1 Å². The number of nitrogens with zero attached hydrogens (tertiary/aromatic N) is 3. The third-order valence-corrected chi connectivity index (χ3v) is 4.32. The van der Waals surface area contributed by atoms with Gasteiger partial charge in [0.15, 0.2) is 5.82 Å². The molecule has 0 saturated carbocycles. The molecule has 0 saturated heterocycles. The van der Waals surface area contributed by atoms with Crippen molar-refractivity contribution < 1.29 is 18.3 Å². The van der Waals surface area contributed by atoms with Gasteiger partial charge in [-0.15, -0.1) is 0 Å². The van der Waals surface area contributed by atoms with Crippen molar-refractivity contribution in [3.05, 3.63) is 66.3 Å². The molecule has 1 aliphatic rings. The Labute approximate surface area is 177 Å². The average molecular weight is 434 g/mol. The highest BCUT2D eigenvalue weighted by Gasteiger charge is 2.24. The van der Waals surface area contributed by atoms with E-state index >= 15 is 0 Å². The smallest absolute Gasteiger partial charge is 0.408 e. The van der Waals surface area contributed by atoms with E-state index in [1.54, 1.807) is 47.5 Å². The zero-order valence-corrected chi connectivity index (χ0v) is 18.0. The molecule has 2 atom stereocenters. The fraction of sp³-hybridized carbons (Fsp3) is 0.286. The normalized spacial score (nSPS) is 16.0. The average Bonchev–Trinajstić information content (AvgIpc) is 2.97. The Kier molecular flexibility index (Phi) is 8.42. The minimum absolute atomic E-state index is 0.0647. The summed E-state index contributed by atoms with van der Waals surface area (Å²) in [4.78, 5) is 15.2. The van der Waals surface area contributed by atoms with Crippen molar-refractivity contribution in [2.24, 2.45) is 4.99 Å². The van der Waals surface area contributed by atoms with E-state index in [2.05, 4.69) is 26.7 Å². The van der Waals surface area contributed by atoms with Gasteiger partial charge in [0.1, 0.15) is 5.76 Å². The van der Waals surface area contributed by atoms with E-state index in [1.807, 2.05) is 13.8 Å². The number of hydrogen-bond donors (Lipinski definition) is 1. The number of aromatic nitrogens is 2. The van der Waals surface area contributed by atoms with Crippen LogP contribution in [-0.2, 0) is 9.53 Å². The summed E-state index contributed by atoms with van der Waals surface area (Å²) in [6, 6.07) is 1.49. The molecule has 6 nitrogen and oxygen atoms in total. The quantitative estimate of drug-likeness (QED) is 0.237. The van der Waals surface area contributed by atoms with Gasteiger partial charge in [-0.2, -0.15) is 13.9 Å². The number of carbonyl (C=O) groups excluding carboxylic acids is 1. The van der Waals surface area contributed by atoms with Crippen molar-refractivity contribution in [3.8, 4) is 0 Å². The third kappa shape index (κ3) is 6.88. The number of alkyl halides is 2. The van der Waals surface area contributed by atoms with Gasteiger partial charge in [0, 0.05) is 18.5 Å². The summed E-state index contributed by atoms with van der Waals surface area (Å²) in [6.07, 6.45) is 13.4. The molecule has 0 radical (unpaired) electrons. The van der Waals surface area contributed by atoms with Crippen molar-refractivity contribution in [2.75, 3.05) is 5.32 Å². The number of amides is 1. The van der Waals surface area contributed by atoms with Gasteiger partial charge in [-0.05, 0) is 52.3 Å². The second-order valence-corrected chi connectivity index (χ2v) is 7.12. The molecule has 30 heavy (non-hydrogen) atoms. The Balaban J connectivity index is 2.32. The van der Waals surface area contributed by atoms with E-state index in [0.717, 1.165) is 23.3 Å². The van der Waals surface area contributed by atoms with Crippen molar-refractivity contribution in [2.45, 2.75) is 38.6 Å².